The second-order valence-electron chi connectivity index (χ2n) is 6.85. The van der Waals surface area contributed by atoms with Crippen molar-refractivity contribution in [2.75, 3.05) is 31.1 Å². The van der Waals surface area contributed by atoms with Crippen molar-refractivity contribution in [1.82, 2.24) is 9.71 Å². The molecule has 1 aromatic heterocycles. The number of aromatic nitrogens is 1. The molecule has 146 valence electrons. The summed E-state index contributed by atoms with van der Waals surface area (Å²) in [5.74, 6) is 1.07. The normalized spacial score (nSPS) is 15.7. The minimum absolute atomic E-state index is 0.288. The van der Waals surface area contributed by atoms with E-state index in [0.29, 0.717) is 19.1 Å². The summed E-state index contributed by atoms with van der Waals surface area (Å²) < 4.78 is 33.5. The van der Waals surface area contributed by atoms with Gasteiger partial charge in [0.25, 0.3) is 0 Å². The van der Waals surface area contributed by atoms with Crippen LogP contribution in [0.1, 0.15) is 25.3 Å². The van der Waals surface area contributed by atoms with Gasteiger partial charge in [-0.1, -0.05) is 0 Å². The van der Waals surface area contributed by atoms with E-state index < -0.39 is 10.0 Å². The Morgan fingerprint density at radius 1 is 1.26 bits per heavy atom. The predicted molar refractivity (Wildman–Crippen MR) is 107 cm³/mol. The summed E-state index contributed by atoms with van der Waals surface area (Å²) in [6.07, 6.45) is 5.56. The van der Waals surface area contributed by atoms with Gasteiger partial charge < -0.3 is 9.64 Å². The fourth-order valence-corrected chi connectivity index (χ4v) is 4.55. The molecule has 2 aromatic rings. The summed E-state index contributed by atoms with van der Waals surface area (Å²) >= 11 is 0. The Bertz CT molecular complexity index is 848. The molecule has 2 heterocycles. The second-order valence-corrected chi connectivity index (χ2v) is 8.62. The minimum atomic E-state index is -3.51. The van der Waals surface area contributed by atoms with Crippen LogP contribution in [0.2, 0.25) is 0 Å². The molecule has 0 spiro atoms. The van der Waals surface area contributed by atoms with Gasteiger partial charge in [0, 0.05) is 25.8 Å². The number of aryl methyl sites for hydroxylation is 1. The third-order valence-electron chi connectivity index (χ3n) is 4.94. The second kappa shape index (κ2) is 8.71. The van der Waals surface area contributed by atoms with Gasteiger partial charge in [0.15, 0.2) is 0 Å². The van der Waals surface area contributed by atoms with Crippen molar-refractivity contribution >= 4 is 15.7 Å². The van der Waals surface area contributed by atoms with Crippen molar-refractivity contribution < 1.29 is 13.2 Å². The van der Waals surface area contributed by atoms with Crippen molar-refractivity contribution in [1.29, 1.82) is 0 Å². The van der Waals surface area contributed by atoms with Gasteiger partial charge >= 0.3 is 0 Å². The van der Waals surface area contributed by atoms with Gasteiger partial charge in [0.05, 0.1) is 23.4 Å². The van der Waals surface area contributed by atoms with Crippen LogP contribution in [0, 0.1) is 12.8 Å². The van der Waals surface area contributed by atoms with Gasteiger partial charge in [-0.3, -0.25) is 4.98 Å². The largest absolute Gasteiger partial charge is 0.494 e. The molecular formula is C20H27N3O3S. The lowest BCUT2D eigenvalue weighted by molar-refractivity contribution is 0.337. The molecule has 7 heteroatoms. The molecule has 1 N–H and O–H groups in total. The van der Waals surface area contributed by atoms with Crippen LogP contribution in [-0.2, 0) is 10.0 Å². The summed E-state index contributed by atoms with van der Waals surface area (Å²) in [6.45, 7) is 6.63. The molecule has 0 amide bonds. The van der Waals surface area contributed by atoms with E-state index in [9.17, 15) is 8.42 Å². The Kier molecular flexibility index (Phi) is 6.34. The average Bonchev–Trinajstić information content (AvgIpc) is 2.69. The Labute approximate surface area is 161 Å². The summed E-state index contributed by atoms with van der Waals surface area (Å²) in [5.41, 5.74) is 1.95. The zero-order chi connectivity index (χ0) is 19.3. The highest BCUT2D eigenvalue weighted by Crippen LogP contribution is 2.24. The highest BCUT2D eigenvalue weighted by molar-refractivity contribution is 7.89. The topological polar surface area (TPSA) is 71.5 Å². The maximum absolute atomic E-state index is 12.6. The molecule has 1 aromatic carbocycles. The molecule has 1 aliphatic rings. The molecular weight excluding hydrogens is 362 g/mol. The lowest BCUT2D eigenvalue weighted by atomic mass is 9.97. The van der Waals surface area contributed by atoms with Gasteiger partial charge in [-0.15, -0.1) is 0 Å². The average molecular weight is 390 g/mol. The Hall–Kier alpha value is -2.12. The summed E-state index contributed by atoms with van der Waals surface area (Å²) in [7, 11) is -3.51. The number of anilines is 1. The van der Waals surface area contributed by atoms with Gasteiger partial charge in [-0.05, 0) is 68.5 Å². The molecule has 0 aliphatic carbocycles. The van der Waals surface area contributed by atoms with Crippen LogP contribution >= 0.6 is 0 Å². The van der Waals surface area contributed by atoms with Gasteiger partial charge in [0.1, 0.15) is 5.75 Å². The number of pyridine rings is 1. The summed E-state index contributed by atoms with van der Waals surface area (Å²) in [4.78, 5) is 6.75. The van der Waals surface area contributed by atoms with E-state index >= 15 is 0 Å². The summed E-state index contributed by atoms with van der Waals surface area (Å²) in [6, 6.07) is 8.99. The zero-order valence-electron chi connectivity index (χ0n) is 15.9. The highest BCUT2D eigenvalue weighted by Gasteiger charge is 2.22. The summed E-state index contributed by atoms with van der Waals surface area (Å²) in [5, 5.41) is 0. The third kappa shape index (κ3) is 4.99. The molecule has 0 bridgehead atoms. The Balaban J connectivity index is 1.54. The molecule has 0 unspecified atom stereocenters. The number of hydrogen-bond donors (Lipinski definition) is 1. The lowest BCUT2D eigenvalue weighted by Crippen LogP contribution is -2.38. The first-order valence-corrected chi connectivity index (χ1v) is 10.9. The van der Waals surface area contributed by atoms with E-state index in [2.05, 4.69) is 20.7 Å². The first-order chi connectivity index (χ1) is 13.0. The van der Waals surface area contributed by atoms with E-state index in [0.717, 1.165) is 42.9 Å². The molecule has 6 nitrogen and oxygen atoms in total. The van der Waals surface area contributed by atoms with Crippen molar-refractivity contribution in [2.45, 2.75) is 31.6 Å². The number of rotatable bonds is 7. The lowest BCUT2D eigenvalue weighted by Gasteiger charge is -2.33. The van der Waals surface area contributed by atoms with Crippen LogP contribution in [0.3, 0.4) is 0 Å². The van der Waals surface area contributed by atoms with E-state index in [-0.39, 0.29) is 4.90 Å². The van der Waals surface area contributed by atoms with Crippen molar-refractivity contribution in [2.24, 2.45) is 5.92 Å². The smallest absolute Gasteiger partial charge is 0.240 e. The third-order valence-corrected chi connectivity index (χ3v) is 6.37. The monoisotopic (exact) mass is 389 g/mol. The minimum Gasteiger partial charge on any atom is -0.494 e. The van der Waals surface area contributed by atoms with Crippen LogP contribution < -0.4 is 14.4 Å². The van der Waals surface area contributed by atoms with Crippen LogP contribution in [0.5, 0.6) is 5.75 Å². The van der Waals surface area contributed by atoms with Gasteiger partial charge in [0.2, 0.25) is 10.0 Å². The SMILES string of the molecule is CCOc1ccc(S(=O)(=O)NCC2CCN(c3cccnc3)CC2)cc1C. The van der Waals surface area contributed by atoms with Crippen LogP contribution in [0.4, 0.5) is 5.69 Å². The van der Waals surface area contributed by atoms with Crippen LogP contribution in [-0.4, -0.2) is 39.6 Å². The van der Waals surface area contributed by atoms with Crippen molar-refractivity contribution in [3.05, 3.63) is 48.3 Å². The van der Waals surface area contributed by atoms with E-state index in [1.165, 1.54) is 0 Å². The van der Waals surface area contributed by atoms with E-state index in [4.69, 9.17) is 4.74 Å². The standard InChI is InChI=1S/C20H27N3O3S/c1-3-26-20-7-6-19(13-16(20)2)27(24,25)22-14-17-8-11-23(12-9-17)18-5-4-10-21-15-18/h4-7,10,13,15,17,22H,3,8-9,11-12,14H2,1-2H3. The molecule has 27 heavy (non-hydrogen) atoms. The number of piperidine rings is 1. The first-order valence-electron chi connectivity index (χ1n) is 9.37. The number of hydrogen-bond acceptors (Lipinski definition) is 5. The number of benzene rings is 1. The Morgan fingerprint density at radius 2 is 2.04 bits per heavy atom. The number of ether oxygens (including phenoxy) is 1. The van der Waals surface area contributed by atoms with Crippen LogP contribution in [0.15, 0.2) is 47.6 Å². The Morgan fingerprint density at radius 3 is 2.67 bits per heavy atom. The predicted octanol–water partition coefficient (Wildman–Crippen LogP) is 2.98. The quantitative estimate of drug-likeness (QED) is 0.788. The van der Waals surface area contributed by atoms with Gasteiger partial charge in [-0.2, -0.15) is 0 Å². The molecule has 0 radical (unpaired) electrons. The molecule has 0 atom stereocenters. The maximum atomic E-state index is 12.6. The molecule has 1 saturated heterocycles. The number of nitrogens with one attached hydrogen (secondary N) is 1. The zero-order valence-corrected chi connectivity index (χ0v) is 16.7. The molecule has 1 aliphatic heterocycles. The number of nitrogens with zero attached hydrogens (tertiary/aromatic N) is 2. The van der Waals surface area contributed by atoms with Crippen molar-refractivity contribution in [3.63, 3.8) is 0 Å². The maximum Gasteiger partial charge on any atom is 0.240 e. The fraction of sp³-hybridized carbons (Fsp3) is 0.450. The van der Waals surface area contributed by atoms with Crippen LogP contribution in [0.25, 0.3) is 0 Å². The molecule has 3 rings (SSSR count). The highest BCUT2D eigenvalue weighted by atomic mass is 32.2. The van der Waals surface area contributed by atoms with Crippen molar-refractivity contribution in [3.8, 4) is 5.75 Å². The number of sulfonamides is 1. The first kappa shape index (κ1) is 19.6. The van der Waals surface area contributed by atoms with Gasteiger partial charge in [-0.25, -0.2) is 13.1 Å². The fourth-order valence-electron chi connectivity index (χ4n) is 3.35. The molecule has 1 fully saturated rings. The van der Waals surface area contributed by atoms with E-state index in [1.54, 1.807) is 24.4 Å². The van der Waals surface area contributed by atoms with E-state index in [1.807, 2.05) is 26.1 Å². The molecule has 0 saturated carbocycles.